The van der Waals surface area contributed by atoms with Crippen LogP contribution in [0.5, 0.6) is 5.75 Å². The van der Waals surface area contributed by atoms with Crippen LogP contribution in [-0.2, 0) is 26.6 Å². The van der Waals surface area contributed by atoms with E-state index in [1.807, 2.05) is 26.0 Å². The second-order valence-corrected chi connectivity index (χ2v) is 12.1. The molecule has 0 aromatic heterocycles. The van der Waals surface area contributed by atoms with Crippen LogP contribution in [-0.4, -0.2) is 35.2 Å². The zero-order valence-electron chi connectivity index (χ0n) is 25.3. The number of nitrogens with zero attached hydrogens (tertiary/aromatic N) is 1. The normalized spacial score (nSPS) is 24.1. The van der Waals surface area contributed by atoms with E-state index >= 15 is 0 Å². The Balaban J connectivity index is 1.49. The van der Waals surface area contributed by atoms with Gasteiger partial charge in [0.05, 0.1) is 34.8 Å². The highest BCUT2D eigenvalue weighted by Gasteiger charge is 2.58. The van der Waals surface area contributed by atoms with E-state index in [0.717, 1.165) is 22.3 Å². The van der Waals surface area contributed by atoms with E-state index in [0.29, 0.717) is 49.1 Å². The van der Waals surface area contributed by atoms with Crippen LogP contribution in [0, 0.1) is 17.8 Å². The van der Waals surface area contributed by atoms with Gasteiger partial charge in [0.1, 0.15) is 5.75 Å². The zero-order chi connectivity index (χ0) is 33.6. The predicted molar refractivity (Wildman–Crippen MR) is 159 cm³/mol. The molecule has 2 heterocycles. The molecular formula is C33H34BF6NO5. The number of amides is 2. The molecule has 0 spiro atoms. The number of halogens is 6. The Kier molecular flexibility index (Phi) is 9.48. The maximum atomic E-state index is 13.9. The Morgan fingerprint density at radius 3 is 2.26 bits per heavy atom. The highest BCUT2D eigenvalue weighted by molar-refractivity contribution is 6.43. The molecule has 2 amide bonds. The summed E-state index contributed by atoms with van der Waals surface area (Å²) in [5.41, 5.74) is -0.521. The Morgan fingerprint density at radius 1 is 1.00 bits per heavy atom. The molecule has 2 aliphatic heterocycles. The van der Waals surface area contributed by atoms with E-state index in [4.69, 9.17) is 4.65 Å². The molecule has 2 saturated heterocycles. The lowest BCUT2D eigenvalue weighted by molar-refractivity contribution is -0.143. The second-order valence-electron chi connectivity index (χ2n) is 12.1. The highest BCUT2D eigenvalue weighted by Crippen LogP contribution is 2.52. The SMILES string of the molecule is CCCC1=C2[C@@H](CC/C(=C/c3cccc(O)c3)CC)OB(O)C[C@@H]2[C@@H]2C(=O)N(c3cc(C(F)(F)F)cc(C(F)(F)F)c3)C(=O)[C@@H]2C1. The minimum absolute atomic E-state index is 0.0385. The molecule has 1 aliphatic carbocycles. The monoisotopic (exact) mass is 649 g/mol. The van der Waals surface area contributed by atoms with Gasteiger partial charge in [-0.1, -0.05) is 49.6 Å². The number of anilines is 1. The number of imide groups is 1. The molecule has 6 nitrogen and oxygen atoms in total. The van der Waals surface area contributed by atoms with Crippen molar-refractivity contribution in [3.8, 4) is 5.75 Å². The molecule has 0 saturated carbocycles. The van der Waals surface area contributed by atoms with Crippen LogP contribution in [0.2, 0.25) is 6.32 Å². The third kappa shape index (κ3) is 6.76. The predicted octanol–water partition coefficient (Wildman–Crippen LogP) is 7.81. The summed E-state index contributed by atoms with van der Waals surface area (Å²) in [6.45, 7) is 3.92. The molecule has 2 N–H and O–H groups in total. The third-order valence-electron chi connectivity index (χ3n) is 9.11. The number of aromatic hydroxyl groups is 1. The maximum absolute atomic E-state index is 13.9. The summed E-state index contributed by atoms with van der Waals surface area (Å²) in [6.07, 6.45) is -5.97. The molecule has 3 aliphatic rings. The van der Waals surface area contributed by atoms with Gasteiger partial charge in [-0.3, -0.25) is 9.59 Å². The number of hydrogen-bond acceptors (Lipinski definition) is 5. The van der Waals surface area contributed by atoms with Crippen LogP contribution in [0.3, 0.4) is 0 Å². The molecule has 0 bridgehead atoms. The fourth-order valence-corrected chi connectivity index (χ4v) is 7.14. The standard InChI is InChI=1S/C33H34BF6NO5/c1-3-6-20-13-25-29(31(44)41(30(25)43)23-15-21(32(35,36)37)14-22(16-23)33(38,39)40)26-17-34(45)46-27(28(20)26)10-9-18(4-2)11-19-7-5-8-24(42)12-19/h5,7-8,11-12,14-16,25-27,29,42,45H,3-4,6,9-10,13,17H2,1-2H3/b18-11+/t25-,26+,27-,29-/m1/s1. The molecule has 5 rings (SSSR count). The molecule has 46 heavy (non-hydrogen) atoms. The van der Waals surface area contributed by atoms with E-state index in [2.05, 4.69) is 0 Å². The first-order valence-corrected chi connectivity index (χ1v) is 15.3. The van der Waals surface area contributed by atoms with Crippen molar-refractivity contribution in [2.24, 2.45) is 17.8 Å². The van der Waals surface area contributed by atoms with Crippen LogP contribution in [0.1, 0.15) is 69.1 Å². The van der Waals surface area contributed by atoms with Crippen molar-refractivity contribution in [1.29, 1.82) is 0 Å². The summed E-state index contributed by atoms with van der Waals surface area (Å²) in [6, 6.07) is 7.54. The van der Waals surface area contributed by atoms with Crippen LogP contribution in [0.25, 0.3) is 6.08 Å². The molecule has 0 radical (unpaired) electrons. The molecule has 0 unspecified atom stereocenters. The zero-order valence-corrected chi connectivity index (χ0v) is 25.3. The summed E-state index contributed by atoms with van der Waals surface area (Å²) in [4.78, 5) is 28.1. The summed E-state index contributed by atoms with van der Waals surface area (Å²) < 4.78 is 87.8. The first-order chi connectivity index (χ1) is 21.6. The fraction of sp³-hybridized carbons (Fsp3) is 0.455. The number of carbonyl (C=O) groups excluding carboxylic acids is 2. The topological polar surface area (TPSA) is 87.1 Å². The van der Waals surface area contributed by atoms with Gasteiger partial charge < -0.3 is 14.8 Å². The van der Waals surface area contributed by atoms with Crippen LogP contribution < -0.4 is 4.90 Å². The molecule has 4 atom stereocenters. The Labute approximate surface area is 262 Å². The summed E-state index contributed by atoms with van der Waals surface area (Å²) >= 11 is 0. The number of carbonyl (C=O) groups is 2. The van der Waals surface area contributed by atoms with Crippen LogP contribution in [0.4, 0.5) is 32.0 Å². The summed E-state index contributed by atoms with van der Waals surface area (Å²) in [5, 5.41) is 20.6. The maximum Gasteiger partial charge on any atom is 0.455 e. The number of fused-ring (bicyclic) bond motifs is 3. The van der Waals surface area contributed by atoms with Gasteiger partial charge in [-0.05, 0) is 85.8 Å². The Bertz CT molecular complexity index is 1540. The molecule has 2 aromatic rings. The van der Waals surface area contributed by atoms with Crippen molar-refractivity contribution in [2.75, 3.05) is 4.90 Å². The average molecular weight is 649 g/mol. The summed E-state index contributed by atoms with van der Waals surface area (Å²) in [5.74, 6) is -4.35. The average Bonchev–Trinajstić information content (AvgIpc) is 3.23. The minimum atomic E-state index is -5.15. The Morgan fingerprint density at radius 2 is 1.67 bits per heavy atom. The van der Waals surface area contributed by atoms with Crippen LogP contribution in [0.15, 0.2) is 59.2 Å². The lowest BCUT2D eigenvalue weighted by atomic mass is 9.58. The number of phenolic OH excluding ortho intramolecular Hbond substituents is 1. The number of alkyl halides is 6. The first-order valence-electron chi connectivity index (χ1n) is 15.3. The number of hydrogen-bond donors (Lipinski definition) is 2. The molecule has 2 fully saturated rings. The van der Waals surface area contributed by atoms with Gasteiger partial charge in [0, 0.05) is 0 Å². The van der Waals surface area contributed by atoms with Gasteiger partial charge in [0.25, 0.3) is 0 Å². The quantitative estimate of drug-likeness (QED) is 0.132. The number of rotatable bonds is 8. The molecule has 2 aromatic carbocycles. The van der Waals surface area contributed by atoms with Gasteiger partial charge in [0.2, 0.25) is 11.8 Å². The number of phenols is 1. The second kappa shape index (κ2) is 12.9. The highest BCUT2D eigenvalue weighted by atomic mass is 19.4. The number of allylic oxidation sites excluding steroid dienone is 2. The van der Waals surface area contributed by atoms with Gasteiger partial charge in [0.15, 0.2) is 0 Å². The van der Waals surface area contributed by atoms with Gasteiger partial charge in [-0.2, -0.15) is 26.3 Å². The number of benzene rings is 2. The van der Waals surface area contributed by atoms with Crippen molar-refractivity contribution in [1.82, 2.24) is 0 Å². The molecular weight excluding hydrogens is 615 g/mol. The fourth-order valence-electron chi connectivity index (χ4n) is 7.14. The third-order valence-corrected chi connectivity index (χ3v) is 9.11. The van der Waals surface area contributed by atoms with Crippen LogP contribution >= 0.6 is 0 Å². The van der Waals surface area contributed by atoms with Crippen molar-refractivity contribution in [3.63, 3.8) is 0 Å². The van der Waals surface area contributed by atoms with Crippen molar-refractivity contribution < 1.29 is 50.7 Å². The van der Waals surface area contributed by atoms with Gasteiger partial charge >= 0.3 is 19.5 Å². The van der Waals surface area contributed by atoms with E-state index in [-0.39, 0.29) is 24.6 Å². The van der Waals surface area contributed by atoms with Crippen molar-refractivity contribution in [3.05, 3.63) is 75.9 Å². The lowest BCUT2D eigenvalue weighted by Crippen LogP contribution is -2.46. The van der Waals surface area contributed by atoms with E-state index in [1.165, 1.54) is 0 Å². The van der Waals surface area contributed by atoms with E-state index < -0.39 is 72.0 Å². The van der Waals surface area contributed by atoms with E-state index in [1.54, 1.807) is 18.2 Å². The molecule has 246 valence electrons. The van der Waals surface area contributed by atoms with Gasteiger partial charge in [-0.25, -0.2) is 4.90 Å². The Hall–Kier alpha value is -3.58. The van der Waals surface area contributed by atoms with Crippen molar-refractivity contribution >= 4 is 30.7 Å². The first kappa shape index (κ1) is 33.8. The van der Waals surface area contributed by atoms with E-state index in [9.17, 15) is 46.1 Å². The van der Waals surface area contributed by atoms with Gasteiger partial charge in [-0.15, -0.1) is 0 Å². The summed E-state index contributed by atoms with van der Waals surface area (Å²) in [7, 11) is -1.29. The minimum Gasteiger partial charge on any atom is -0.508 e. The molecule has 13 heteroatoms. The largest absolute Gasteiger partial charge is 0.508 e. The lowest BCUT2D eigenvalue weighted by Gasteiger charge is -2.43. The van der Waals surface area contributed by atoms with Crippen molar-refractivity contribution in [2.45, 2.75) is 77.1 Å². The smallest absolute Gasteiger partial charge is 0.455 e.